The normalized spacial score (nSPS) is 15.3. The predicted octanol–water partition coefficient (Wildman–Crippen LogP) is 1.88. The Hall–Kier alpha value is -2.04. The quantitative estimate of drug-likeness (QED) is 0.843. The third-order valence-electron chi connectivity index (χ3n) is 3.28. The molecule has 0 aromatic heterocycles. The van der Waals surface area contributed by atoms with E-state index in [1.54, 1.807) is 4.90 Å². The van der Waals surface area contributed by atoms with Crippen LogP contribution in [0, 0.1) is 0 Å². The molecule has 0 aliphatic carbocycles. The van der Waals surface area contributed by atoms with Crippen LogP contribution in [0.1, 0.15) is 18.9 Å². The Morgan fingerprint density at radius 2 is 2.00 bits per heavy atom. The molecule has 1 aromatic carbocycles. The summed E-state index contributed by atoms with van der Waals surface area (Å²) in [4.78, 5) is 27.0. The highest BCUT2D eigenvalue weighted by Crippen LogP contribution is 2.08. The van der Waals surface area contributed by atoms with E-state index in [-0.39, 0.29) is 19.1 Å². The summed E-state index contributed by atoms with van der Waals surface area (Å²) in [6, 6.07) is 9.51. The van der Waals surface area contributed by atoms with Gasteiger partial charge in [-0.05, 0) is 12.0 Å². The van der Waals surface area contributed by atoms with E-state index in [4.69, 9.17) is 4.74 Å². The maximum absolute atomic E-state index is 11.9. The molecule has 0 radical (unpaired) electrons. The molecule has 0 atom stereocenters. The third kappa shape index (κ3) is 3.73. The smallest absolute Gasteiger partial charge is 0.410 e. The third-order valence-corrected chi connectivity index (χ3v) is 3.28. The zero-order valence-electron chi connectivity index (χ0n) is 11.7. The molecular weight excluding hydrogens is 256 g/mol. The van der Waals surface area contributed by atoms with Crippen molar-refractivity contribution in [1.82, 2.24) is 9.80 Å². The molecule has 0 bridgehead atoms. The van der Waals surface area contributed by atoms with Crippen LogP contribution in [0.5, 0.6) is 0 Å². The minimum absolute atomic E-state index is 0.00485. The minimum Gasteiger partial charge on any atom is -0.445 e. The standard InChI is InChI=1S/C15H20N2O3/c1-2-8-16-9-10-17(11-14(16)18)15(19)20-12-13-6-4-3-5-7-13/h3-7H,2,8-12H2,1H3. The second-order valence-electron chi connectivity index (χ2n) is 4.84. The van der Waals surface area contributed by atoms with Crippen LogP contribution in [0.4, 0.5) is 4.79 Å². The number of hydrogen-bond donors (Lipinski definition) is 0. The second kappa shape index (κ2) is 6.93. The lowest BCUT2D eigenvalue weighted by molar-refractivity contribution is -0.135. The molecule has 0 unspecified atom stereocenters. The van der Waals surface area contributed by atoms with Gasteiger partial charge in [-0.3, -0.25) is 9.69 Å². The van der Waals surface area contributed by atoms with Crippen molar-refractivity contribution in [2.75, 3.05) is 26.2 Å². The number of carbonyl (C=O) groups is 2. The lowest BCUT2D eigenvalue weighted by Crippen LogP contribution is -2.52. The number of ether oxygens (including phenoxy) is 1. The highest BCUT2D eigenvalue weighted by atomic mass is 16.6. The summed E-state index contributed by atoms with van der Waals surface area (Å²) in [5.41, 5.74) is 0.941. The van der Waals surface area contributed by atoms with Crippen LogP contribution in [-0.4, -0.2) is 48.0 Å². The molecule has 5 heteroatoms. The van der Waals surface area contributed by atoms with Gasteiger partial charge in [0.05, 0.1) is 0 Å². The van der Waals surface area contributed by atoms with E-state index < -0.39 is 6.09 Å². The number of nitrogens with zero attached hydrogens (tertiary/aromatic N) is 2. The van der Waals surface area contributed by atoms with Crippen molar-refractivity contribution in [2.45, 2.75) is 20.0 Å². The molecule has 108 valence electrons. The predicted molar refractivity (Wildman–Crippen MR) is 75.1 cm³/mol. The summed E-state index contributed by atoms with van der Waals surface area (Å²) in [5, 5.41) is 0. The average Bonchev–Trinajstić information content (AvgIpc) is 2.48. The highest BCUT2D eigenvalue weighted by Gasteiger charge is 2.27. The van der Waals surface area contributed by atoms with E-state index >= 15 is 0 Å². The Morgan fingerprint density at radius 1 is 1.25 bits per heavy atom. The van der Waals surface area contributed by atoms with Gasteiger partial charge in [0.2, 0.25) is 5.91 Å². The lowest BCUT2D eigenvalue weighted by Gasteiger charge is -2.33. The molecule has 1 aliphatic heterocycles. The Kier molecular flexibility index (Phi) is 4.98. The fourth-order valence-electron chi connectivity index (χ4n) is 2.18. The number of piperazine rings is 1. The molecule has 20 heavy (non-hydrogen) atoms. The Labute approximate surface area is 119 Å². The van der Waals surface area contributed by atoms with Gasteiger partial charge in [-0.25, -0.2) is 4.79 Å². The molecule has 2 rings (SSSR count). The first-order chi connectivity index (χ1) is 9.70. The highest BCUT2D eigenvalue weighted by molar-refractivity contribution is 5.83. The number of hydrogen-bond acceptors (Lipinski definition) is 3. The maximum Gasteiger partial charge on any atom is 0.410 e. The Bertz CT molecular complexity index is 461. The minimum atomic E-state index is -0.418. The largest absolute Gasteiger partial charge is 0.445 e. The molecule has 5 nitrogen and oxygen atoms in total. The SMILES string of the molecule is CCCN1CCN(C(=O)OCc2ccccc2)CC1=O. The van der Waals surface area contributed by atoms with Gasteiger partial charge < -0.3 is 9.64 Å². The van der Waals surface area contributed by atoms with Crippen molar-refractivity contribution < 1.29 is 14.3 Å². The topological polar surface area (TPSA) is 49.9 Å². The molecule has 1 aromatic rings. The van der Waals surface area contributed by atoms with E-state index in [1.165, 1.54) is 4.90 Å². The Morgan fingerprint density at radius 3 is 2.65 bits per heavy atom. The number of carbonyl (C=O) groups excluding carboxylic acids is 2. The summed E-state index contributed by atoms with van der Waals surface area (Å²) in [6.07, 6.45) is 0.517. The van der Waals surface area contributed by atoms with Crippen LogP contribution in [0.3, 0.4) is 0 Å². The van der Waals surface area contributed by atoms with E-state index in [0.29, 0.717) is 13.1 Å². The van der Waals surface area contributed by atoms with Gasteiger partial charge in [0.25, 0.3) is 0 Å². The molecule has 1 aliphatic rings. The van der Waals surface area contributed by atoms with Gasteiger partial charge in [-0.15, -0.1) is 0 Å². The van der Waals surface area contributed by atoms with Crippen molar-refractivity contribution in [3.8, 4) is 0 Å². The number of benzene rings is 1. The van der Waals surface area contributed by atoms with Gasteiger partial charge in [0, 0.05) is 19.6 Å². The zero-order chi connectivity index (χ0) is 14.4. The fraction of sp³-hybridized carbons (Fsp3) is 0.467. The molecule has 1 heterocycles. The summed E-state index contributed by atoms with van der Waals surface area (Å²) in [6.45, 7) is 4.28. The van der Waals surface area contributed by atoms with E-state index in [9.17, 15) is 9.59 Å². The van der Waals surface area contributed by atoms with Gasteiger partial charge in [0.15, 0.2) is 0 Å². The molecule has 0 spiro atoms. The van der Waals surface area contributed by atoms with Gasteiger partial charge in [0.1, 0.15) is 13.2 Å². The zero-order valence-corrected chi connectivity index (χ0v) is 11.7. The maximum atomic E-state index is 11.9. The summed E-state index contributed by atoms with van der Waals surface area (Å²) < 4.78 is 5.23. The van der Waals surface area contributed by atoms with Gasteiger partial charge in [-0.1, -0.05) is 37.3 Å². The van der Waals surface area contributed by atoms with Crippen LogP contribution in [0.15, 0.2) is 30.3 Å². The first-order valence-electron chi connectivity index (χ1n) is 6.94. The van der Waals surface area contributed by atoms with Crippen molar-refractivity contribution in [1.29, 1.82) is 0 Å². The Balaban J connectivity index is 1.81. The number of rotatable bonds is 4. The molecule has 2 amide bonds. The van der Waals surface area contributed by atoms with Crippen molar-refractivity contribution in [3.05, 3.63) is 35.9 Å². The lowest BCUT2D eigenvalue weighted by atomic mass is 10.2. The molecule has 1 saturated heterocycles. The van der Waals surface area contributed by atoms with Crippen LogP contribution >= 0.6 is 0 Å². The first-order valence-corrected chi connectivity index (χ1v) is 6.94. The van der Waals surface area contributed by atoms with Gasteiger partial charge >= 0.3 is 6.09 Å². The monoisotopic (exact) mass is 276 g/mol. The molecular formula is C15H20N2O3. The first kappa shape index (κ1) is 14.4. The average molecular weight is 276 g/mol. The summed E-state index contributed by atoms with van der Waals surface area (Å²) in [5.74, 6) is -0.00485. The van der Waals surface area contributed by atoms with E-state index in [0.717, 1.165) is 18.5 Å². The summed E-state index contributed by atoms with van der Waals surface area (Å²) in [7, 11) is 0. The van der Waals surface area contributed by atoms with Crippen molar-refractivity contribution in [2.24, 2.45) is 0 Å². The second-order valence-corrected chi connectivity index (χ2v) is 4.84. The van der Waals surface area contributed by atoms with Crippen LogP contribution in [-0.2, 0) is 16.1 Å². The van der Waals surface area contributed by atoms with Crippen LogP contribution < -0.4 is 0 Å². The van der Waals surface area contributed by atoms with E-state index in [1.807, 2.05) is 37.3 Å². The fourth-order valence-corrected chi connectivity index (χ4v) is 2.18. The van der Waals surface area contributed by atoms with Crippen molar-refractivity contribution >= 4 is 12.0 Å². The van der Waals surface area contributed by atoms with Crippen molar-refractivity contribution in [3.63, 3.8) is 0 Å². The van der Waals surface area contributed by atoms with Gasteiger partial charge in [-0.2, -0.15) is 0 Å². The molecule has 0 N–H and O–H groups in total. The molecule has 0 saturated carbocycles. The van der Waals surface area contributed by atoms with E-state index in [2.05, 4.69) is 0 Å². The summed E-state index contributed by atoms with van der Waals surface area (Å²) >= 11 is 0. The van der Waals surface area contributed by atoms with Crippen LogP contribution in [0.2, 0.25) is 0 Å². The molecule has 1 fully saturated rings. The number of amides is 2. The van der Waals surface area contributed by atoms with Crippen LogP contribution in [0.25, 0.3) is 0 Å².